The van der Waals surface area contributed by atoms with Crippen LogP contribution in [0.15, 0.2) is 18.3 Å². The monoisotopic (exact) mass is 303 g/mol. The maximum absolute atomic E-state index is 11.2. The van der Waals surface area contributed by atoms with Crippen molar-refractivity contribution in [2.45, 2.75) is 13.0 Å². The van der Waals surface area contributed by atoms with Crippen molar-refractivity contribution in [3.63, 3.8) is 0 Å². The molecule has 22 heavy (non-hydrogen) atoms. The normalized spacial score (nSPS) is 12.3. The number of benzene rings is 1. The molecule has 0 saturated carbocycles. The average Bonchev–Trinajstić information content (AvgIpc) is 2.97. The second-order valence-electron chi connectivity index (χ2n) is 5.03. The van der Waals surface area contributed by atoms with Gasteiger partial charge in [0.05, 0.1) is 26.9 Å². The first-order valence-corrected chi connectivity index (χ1v) is 6.86. The second-order valence-corrected chi connectivity index (χ2v) is 5.03. The van der Waals surface area contributed by atoms with Crippen LogP contribution < -0.4 is 14.2 Å². The van der Waals surface area contributed by atoms with Gasteiger partial charge in [-0.15, -0.1) is 0 Å². The van der Waals surface area contributed by atoms with Gasteiger partial charge in [0.2, 0.25) is 5.75 Å². The maximum Gasteiger partial charge on any atom is 0.337 e. The first-order valence-electron chi connectivity index (χ1n) is 6.86. The molecule has 6 heteroatoms. The average molecular weight is 303 g/mol. The molecule has 2 aromatic rings. The van der Waals surface area contributed by atoms with Crippen molar-refractivity contribution in [1.82, 2.24) is 4.57 Å². The van der Waals surface area contributed by atoms with E-state index in [4.69, 9.17) is 14.2 Å². The fourth-order valence-electron chi connectivity index (χ4n) is 2.96. The van der Waals surface area contributed by atoms with E-state index in [1.165, 1.54) is 0 Å². The predicted octanol–water partition coefficient (Wildman–Crippen LogP) is 2.44. The quantitative estimate of drug-likeness (QED) is 0.939. The summed E-state index contributed by atoms with van der Waals surface area (Å²) >= 11 is 0. The Bertz CT molecular complexity index is 747. The van der Waals surface area contributed by atoms with E-state index in [1.54, 1.807) is 33.6 Å². The van der Waals surface area contributed by atoms with Crippen molar-refractivity contribution in [1.29, 1.82) is 0 Å². The molecular formula is C16H17NO5. The number of rotatable bonds is 4. The van der Waals surface area contributed by atoms with Crippen molar-refractivity contribution in [2.75, 3.05) is 21.3 Å². The summed E-state index contributed by atoms with van der Waals surface area (Å²) in [7, 11) is 4.73. The molecule has 3 rings (SSSR count). The molecule has 1 aliphatic heterocycles. The van der Waals surface area contributed by atoms with Crippen molar-refractivity contribution in [3.05, 3.63) is 29.5 Å². The Morgan fingerprint density at radius 3 is 2.45 bits per heavy atom. The van der Waals surface area contributed by atoms with Crippen LogP contribution in [0.3, 0.4) is 0 Å². The van der Waals surface area contributed by atoms with Gasteiger partial charge in [-0.1, -0.05) is 0 Å². The molecule has 116 valence electrons. The Morgan fingerprint density at radius 1 is 1.14 bits per heavy atom. The van der Waals surface area contributed by atoms with E-state index in [-0.39, 0.29) is 5.56 Å². The van der Waals surface area contributed by atoms with Crippen LogP contribution in [0.2, 0.25) is 0 Å². The van der Waals surface area contributed by atoms with E-state index in [2.05, 4.69) is 0 Å². The molecule has 0 spiro atoms. The second kappa shape index (κ2) is 5.29. The molecule has 1 N–H and O–H groups in total. The fraction of sp³-hybridized carbons (Fsp3) is 0.312. The van der Waals surface area contributed by atoms with Gasteiger partial charge in [-0.25, -0.2) is 4.79 Å². The smallest absolute Gasteiger partial charge is 0.337 e. The van der Waals surface area contributed by atoms with Crippen LogP contribution in [0.5, 0.6) is 17.2 Å². The molecule has 1 aromatic heterocycles. The molecule has 1 aliphatic rings. The zero-order valence-corrected chi connectivity index (χ0v) is 12.7. The van der Waals surface area contributed by atoms with Crippen LogP contribution in [0.25, 0.3) is 11.3 Å². The summed E-state index contributed by atoms with van der Waals surface area (Å²) in [4.78, 5) is 11.2. The minimum absolute atomic E-state index is 0.275. The van der Waals surface area contributed by atoms with Crippen LogP contribution in [-0.4, -0.2) is 37.0 Å². The summed E-state index contributed by atoms with van der Waals surface area (Å²) in [6.45, 7) is 0.696. The Labute approximate surface area is 127 Å². The predicted molar refractivity (Wildman–Crippen MR) is 80.2 cm³/mol. The molecule has 0 saturated heterocycles. The highest BCUT2D eigenvalue weighted by Gasteiger charge is 2.26. The van der Waals surface area contributed by atoms with E-state index in [9.17, 15) is 9.90 Å². The highest BCUT2D eigenvalue weighted by molar-refractivity contribution is 5.90. The summed E-state index contributed by atoms with van der Waals surface area (Å²) in [6.07, 6.45) is 2.39. The van der Waals surface area contributed by atoms with Gasteiger partial charge in [-0.2, -0.15) is 0 Å². The highest BCUT2D eigenvalue weighted by Crippen LogP contribution is 2.47. The minimum Gasteiger partial charge on any atom is -0.493 e. The lowest BCUT2D eigenvalue weighted by atomic mass is 9.96. The SMILES string of the molecule is COc1cc2c(c(OC)c1OC)CCn1cc(C(=O)O)cc1-2. The zero-order chi connectivity index (χ0) is 15.9. The number of aryl methyl sites for hydroxylation is 1. The lowest BCUT2D eigenvalue weighted by molar-refractivity contribution is 0.0697. The van der Waals surface area contributed by atoms with Gasteiger partial charge in [0.1, 0.15) is 0 Å². The molecule has 0 unspecified atom stereocenters. The molecule has 0 radical (unpaired) electrons. The molecule has 2 heterocycles. The van der Waals surface area contributed by atoms with Gasteiger partial charge in [-0.3, -0.25) is 0 Å². The summed E-state index contributed by atoms with van der Waals surface area (Å²) < 4.78 is 18.2. The molecule has 0 atom stereocenters. The van der Waals surface area contributed by atoms with Gasteiger partial charge in [0.15, 0.2) is 11.5 Å². The number of hydrogen-bond acceptors (Lipinski definition) is 4. The molecule has 0 amide bonds. The first-order chi connectivity index (χ1) is 10.6. The fourth-order valence-corrected chi connectivity index (χ4v) is 2.96. The Morgan fingerprint density at radius 2 is 1.86 bits per heavy atom. The third-order valence-corrected chi connectivity index (χ3v) is 3.96. The topological polar surface area (TPSA) is 69.9 Å². The molecule has 0 fully saturated rings. The Balaban J connectivity index is 2.26. The van der Waals surface area contributed by atoms with Crippen LogP contribution in [0.1, 0.15) is 15.9 Å². The van der Waals surface area contributed by atoms with Gasteiger partial charge in [0.25, 0.3) is 0 Å². The number of carboxylic acid groups (broad SMARTS) is 1. The highest BCUT2D eigenvalue weighted by atomic mass is 16.5. The number of methoxy groups -OCH3 is 3. The Kier molecular flexibility index (Phi) is 3.44. The molecular weight excluding hydrogens is 286 g/mol. The van der Waals surface area contributed by atoms with Crippen LogP contribution >= 0.6 is 0 Å². The molecule has 0 bridgehead atoms. The molecule has 6 nitrogen and oxygen atoms in total. The molecule has 0 aliphatic carbocycles. The van der Waals surface area contributed by atoms with Crippen LogP contribution in [-0.2, 0) is 13.0 Å². The van der Waals surface area contributed by atoms with E-state index < -0.39 is 5.97 Å². The van der Waals surface area contributed by atoms with Gasteiger partial charge in [-0.05, 0) is 18.6 Å². The van der Waals surface area contributed by atoms with Gasteiger partial charge >= 0.3 is 5.97 Å². The first kappa shape index (κ1) is 14.3. The maximum atomic E-state index is 11.2. The van der Waals surface area contributed by atoms with Crippen molar-refractivity contribution >= 4 is 5.97 Å². The van der Waals surface area contributed by atoms with Crippen molar-refractivity contribution in [2.24, 2.45) is 0 Å². The van der Waals surface area contributed by atoms with Crippen LogP contribution in [0, 0.1) is 0 Å². The number of carboxylic acids is 1. The number of fused-ring (bicyclic) bond motifs is 3. The summed E-state index contributed by atoms with van der Waals surface area (Å²) in [5.41, 5.74) is 3.03. The van der Waals surface area contributed by atoms with Crippen molar-refractivity contribution < 1.29 is 24.1 Å². The lowest BCUT2D eigenvalue weighted by Gasteiger charge is -2.24. The van der Waals surface area contributed by atoms with Crippen LogP contribution in [0.4, 0.5) is 0 Å². The standard InChI is InChI=1S/C16H17NO5/c1-20-13-7-11-10(14(21-2)15(13)22-3)4-5-17-8-9(16(18)19)6-12(11)17/h6-8H,4-5H2,1-3H3,(H,18,19). The zero-order valence-electron chi connectivity index (χ0n) is 12.7. The van der Waals surface area contributed by atoms with E-state index >= 15 is 0 Å². The van der Waals surface area contributed by atoms with Gasteiger partial charge in [0, 0.05) is 29.6 Å². The minimum atomic E-state index is -0.934. The number of nitrogens with zero attached hydrogens (tertiary/aromatic N) is 1. The van der Waals surface area contributed by atoms with E-state index in [0.29, 0.717) is 23.8 Å². The number of hydrogen-bond donors (Lipinski definition) is 1. The van der Waals surface area contributed by atoms with Crippen molar-refractivity contribution in [3.8, 4) is 28.5 Å². The Hall–Kier alpha value is -2.63. The number of ether oxygens (including phenoxy) is 3. The van der Waals surface area contributed by atoms with E-state index in [1.807, 2.05) is 10.6 Å². The number of aromatic carboxylic acids is 1. The summed E-state index contributed by atoms with van der Waals surface area (Å²) in [5.74, 6) is 0.823. The third-order valence-electron chi connectivity index (χ3n) is 3.96. The largest absolute Gasteiger partial charge is 0.493 e. The molecule has 1 aromatic carbocycles. The summed E-state index contributed by atoms with van der Waals surface area (Å²) in [5, 5.41) is 9.18. The van der Waals surface area contributed by atoms with E-state index in [0.717, 1.165) is 23.2 Å². The number of aromatic nitrogens is 1. The number of carbonyl (C=O) groups is 1. The van der Waals surface area contributed by atoms with Gasteiger partial charge < -0.3 is 23.9 Å². The lowest BCUT2D eigenvalue weighted by Crippen LogP contribution is -2.12. The summed E-state index contributed by atoms with van der Waals surface area (Å²) in [6, 6.07) is 3.54. The third kappa shape index (κ3) is 1.99.